The number of halogens is 1. The van der Waals surface area contributed by atoms with Crippen LogP contribution in [0.25, 0.3) is 0 Å². The van der Waals surface area contributed by atoms with E-state index in [1.807, 2.05) is 6.07 Å². The Morgan fingerprint density at radius 3 is 2.94 bits per heavy atom. The van der Waals surface area contributed by atoms with Gasteiger partial charge in [0, 0.05) is 31.0 Å². The van der Waals surface area contributed by atoms with E-state index in [1.54, 1.807) is 12.1 Å². The molecule has 4 heteroatoms. The van der Waals surface area contributed by atoms with Crippen molar-refractivity contribution in [1.82, 2.24) is 5.32 Å². The van der Waals surface area contributed by atoms with E-state index in [-0.39, 0.29) is 18.1 Å². The third-order valence-electron chi connectivity index (χ3n) is 2.17. The van der Waals surface area contributed by atoms with Crippen LogP contribution in [-0.2, 0) is 11.2 Å². The maximum absolute atomic E-state index is 13.2. The van der Waals surface area contributed by atoms with Gasteiger partial charge in [0.2, 0.25) is 5.91 Å². The van der Waals surface area contributed by atoms with Crippen molar-refractivity contribution in [3.05, 3.63) is 35.1 Å². The molecular weight excluding hydrogens is 231 g/mol. The van der Waals surface area contributed by atoms with Gasteiger partial charge in [0.1, 0.15) is 5.82 Å². The number of benzene rings is 1. The third-order valence-corrected chi connectivity index (χ3v) is 2.17. The molecule has 0 saturated heterocycles. The van der Waals surface area contributed by atoms with Gasteiger partial charge < -0.3 is 5.32 Å². The van der Waals surface area contributed by atoms with Gasteiger partial charge >= 0.3 is 0 Å². The fourth-order valence-electron chi connectivity index (χ4n) is 1.34. The number of amides is 1. The third kappa shape index (κ3) is 4.67. The lowest BCUT2D eigenvalue weighted by molar-refractivity contribution is -0.118. The molecule has 18 heavy (non-hydrogen) atoms. The first-order chi connectivity index (χ1) is 8.63. The van der Waals surface area contributed by atoms with Crippen LogP contribution >= 0.6 is 0 Å². The summed E-state index contributed by atoms with van der Waals surface area (Å²) in [5.74, 6) is 5.27. The SMILES string of the molecule is CC(=O)NCCC#Cc1ccc(F)c(CC#N)c1. The van der Waals surface area contributed by atoms with E-state index < -0.39 is 0 Å². The van der Waals surface area contributed by atoms with E-state index in [4.69, 9.17) is 5.26 Å². The smallest absolute Gasteiger partial charge is 0.216 e. The molecule has 0 aromatic heterocycles. The minimum atomic E-state index is -0.389. The van der Waals surface area contributed by atoms with Crippen molar-refractivity contribution in [3.8, 4) is 17.9 Å². The Hall–Kier alpha value is -2.33. The van der Waals surface area contributed by atoms with Crippen molar-refractivity contribution in [2.24, 2.45) is 0 Å². The fourth-order valence-corrected chi connectivity index (χ4v) is 1.34. The van der Waals surface area contributed by atoms with Gasteiger partial charge in [-0.05, 0) is 18.2 Å². The van der Waals surface area contributed by atoms with E-state index in [0.29, 0.717) is 24.1 Å². The minimum Gasteiger partial charge on any atom is -0.355 e. The van der Waals surface area contributed by atoms with Crippen LogP contribution < -0.4 is 5.32 Å². The summed E-state index contributed by atoms with van der Waals surface area (Å²) in [4.78, 5) is 10.6. The summed E-state index contributed by atoms with van der Waals surface area (Å²) in [5, 5.41) is 11.2. The van der Waals surface area contributed by atoms with Gasteiger partial charge in [-0.25, -0.2) is 4.39 Å². The van der Waals surface area contributed by atoms with Gasteiger partial charge in [-0.1, -0.05) is 11.8 Å². The highest BCUT2D eigenvalue weighted by Gasteiger charge is 2.01. The van der Waals surface area contributed by atoms with E-state index in [2.05, 4.69) is 17.2 Å². The van der Waals surface area contributed by atoms with Crippen LogP contribution in [0.2, 0.25) is 0 Å². The lowest BCUT2D eigenvalue weighted by Crippen LogP contribution is -2.20. The van der Waals surface area contributed by atoms with Gasteiger partial charge in [0.25, 0.3) is 0 Å². The lowest BCUT2D eigenvalue weighted by Gasteiger charge is -1.98. The van der Waals surface area contributed by atoms with Crippen molar-refractivity contribution >= 4 is 5.91 Å². The largest absolute Gasteiger partial charge is 0.355 e. The zero-order valence-electron chi connectivity index (χ0n) is 10.1. The molecule has 0 fully saturated rings. The molecule has 1 aromatic carbocycles. The van der Waals surface area contributed by atoms with E-state index in [1.165, 1.54) is 13.0 Å². The van der Waals surface area contributed by atoms with Crippen molar-refractivity contribution in [1.29, 1.82) is 5.26 Å². The summed E-state index contributed by atoms with van der Waals surface area (Å²) in [7, 11) is 0. The van der Waals surface area contributed by atoms with E-state index >= 15 is 0 Å². The van der Waals surface area contributed by atoms with E-state index in [0.717, 1.165) is 0 Å². The molecule has 1 rings (SSSR count). The molecule has 0 aliphatic rings. The zero-order valence-corrected chi connectivity index (χ0v) is 10.1. The zero-order chi connectivity index (χ0) is 13.4. The van der Waals surface area contributed by atoms with Crippen LogP contribution in [0.4, 0.5) is 4.39 Å². The summed E-state index contributed by atoms with van der Waals surface area (Å²) < 4.78 is 13.2. The highest BCUT2D eigenvalue weighted by Crippen LogP contribution is 2.10. The number of hydrogen-bond acceptors (Lipinski definition) is 2. The molecule has 1 N–H and O–H groups in total. The molecule has 1 aromatic rings. The van der Waals surface area contributed by atoms with Crippen molar-refractivity contribution < 1.29 is 9.18 Å². The molecule has 0 heterocycles. The van der Waals surface area contributed by atoms with Gasteiger partial charge in [0.15, 0.2) is 0 Å². The van der Waals surface area contributed by atoms with Gasteiger partial charge in [-0.15, -0.1) is 0 Å². The standard InChI is InChI=1S/C14H13FN2O/c1-11(18)17-9-3-2-4-12-5-6-14(15)13(10-12)7-8-16/h5-6,10H,3,7,9H2,1H3,(H,17,18). The number of hydrogen-bond donors (Lipinski definition) is 1. The Kier molecular flexibility index (Phi) is 5.41. The van der Waals surface area contributed by atoms with Gasteiger partial charge in [0.05, 0.1) is 12.5 Å². The summed E-state index contributed by atoms with van der Waals surface area (Å²) in [6, 6.07) is 6.36. The fraction of sp³-hybridized carbons (Fsp3) is 0.286. The Balaban J connectivity index is 2.62. The highest BCUT2D eigenvalue weighted by molar-refractivity contribution is 5.72. The monoisotopic (exact) mass is 244 g/mol. The highest BCUT2D eigenvalue weighted by atomic mass is 19.1. The molecule has 0 saturated carbocycles. The van der Waals surface area contributed by atoms with Crippen molar-refractivity contribution in [2.45, 2.75) is 19.8 Å². The van der Waals surface area contributed by atoms with Crippen LogP contribution in [0.5, 0.6) is 0 Å². The number of nitrogens with one attached hydrogen (secondary N) is 1. The van der Waals surface area contributed by atoms with Crippen LogP contribution in [0, 0.1) is 29.0 Å². The second kappa shape index (κ2) is 7.09. The molecule has 0 bridgehead atoms. The quantitative estimate of drug-likeness (QED) is 0.650. The molecule has 92 valence electrons. The maximum atomic E-state index is 13.2. The Labute approximate surface area is 106 Å². The Morgan fingerprint density at radius 1 is 1.50 bits per heavy atom. The predicted molar refractivity (Wildman–Crippen MR) is 65.9 cm³/mol. The number of rotatable bonds is 3. The topological polar surface area (TPSA) is 52.9 Å². The first kappa shape index (κ1) is 13.7. The first-order valence-electron chi connectivity index (χ1n) is 5.52. The van der Waals surface area contributed by atoms with Crippen LogP contribution in [0.3, 0.4) is 0 Å². The minimum absolute atomic E-state index is 0.0350. The van der Waals surface area contributed by atoms with Gasteiger partial charge in [-0.3, -0.25) is 4.79 Å². The summed E-state index contributed by atoms with van der Waals surface area (Å²) in [5.41, 5.74) is 1.02. The Morgan fingerprint density at radius 2 is 2.28 bits per heavy atom. The molecule has 0 spiro atoms. The maximum Gasteiger partial charge on any atom is 0.216 e. The number of nitriles is 1. The average molecular weight is 244 g/mol. The van der Waals surface area contributed by atoms with Crippen LogP contribution in [0.1, 0.15) is 24.5 Å². The predicted octanol–water partition coefficient (Wildman–Crippen LogP) is 1.77. The first-order valence-corrected chi connectivity index (χ1v) is 5.52. The molecule has 3 nitrogen and oxygen atoms in total. The molecular formula is C14H13FN2O. The summed E-state index contributed by atoms with van der Waals surface area (Å²) in [6.07, 6.45) is 0.567. The molecule has 0 unspecified atom stereocenters. The molecule has 0 radical (unpaired) electrons. The van der Waals surface area contributed by atoms with Gasteiger partial charge in [-0.2, -0.15) is 5.26 Å². The second-order valence-electron chi connectivity index (χ2n) is 3.68. The summed E-state index contributed by atoms with van der Waals surface area (Å²) in [6.45, 7) is 1.94. The summed E-state index contributed by atoms with van der Waals surface area (Å²) >= 11 is 0. The molecule has 1 amide bonds. The number of nitrogens with zero attached hydrogens (tertiary/aromatic N) is 1. The van der Waals surface area contributed by atoms with E-state index in [9.17, 15) is 9.18 Å². The molecule has 0 atom stereocenters. The second-order valence-corrected chi connectivity index (χ2v) is 3.68. The normalized spacial score (nSPS) is 8.94. The van der Waals surface area contributed by atoms with Crippen LogP contribution in [0.15, 0.2) is 18.2 Å². The lowest BCUT2D eigenvalue weighted by atomic mass is 10.1. The van der Waals surface area contributed by atoms with Crippen molar-refractivity contribution in [3.63, 3.8) is 0 Å². The Bertz CT molecular complexity index is 535. The number of carbonyl (C=O) groups is 1. The van der Waals surface area contributed by atoms with Crippen LogP contribution in [-0.4, -0.2) is 12.5 Å². The molecule has 0 aliphatic heterocycles. The number of carbonyl (C=O) groups excluding carboxylic acids is 1. The average Bonchev–Trinajstić information content (AvgIpc) is 2.32. The molecule has 0 aliphatic carbocycles. The van der Waals surface area contributed by atoms with Crippen molar-refractivity contribution in [2.75, 3.05) is 6.54 Å².